The number of aryl methyl sites for hydroxylation is 1. The summed E-state index contributed by atoms with van der Waals surface area (Å²) in [7, 11) is 0. The van der Waals surface area contributed by atoms with Gasteiger partial charge >= 0.3 is 0 Å². The summed E-state index contributed by atoms with van der Waals surface area (Å²) in [4.78, 5) is 32.3. The molecule has 198 valence electrons. The highest BCUT2D eigenvalue weighted by atomic mass is 16.7. The van der Waals surface area contributed by atoms with E-state index >= 15 is 0 Å². The molecular weight excluding hydrogens is 482 g/mol. The third kappa shape index (κ3) is 5.41. The molecule has 38 heavy (non-hydrogen) atoms. The Bertz CT molecular complexity index is 1290. The van der Waals surface area contributed by atoms with Gasteiger partial charge in [-0.05, 0) is 50.6 Å². The van der Waals surface area contributed by atoms with E-state index in [1.54, 1.807) is 23.1 Å². The number of hydrogen-bond acceptors (Lipinski definition) is 7. The van der Waals surface area contributed by atoms with Crippen LogP contribution in [0.4, 0.5) is 5.82 Å². The molecule has 1 aromatic heterocycles. The summed E-state index contributed by atoms with van der Waals surface area (Å²) in [6.07, 6.45) is 0.745. The SMILES string of the molecule is CC[C@@H](C)N(CC(=O)N1CCN(c2ccc(-c3ccc(C)cc3)nn2)CC1)C(=O)c1ccc2c(c1)OCO2. The highest BCUT2D eigenvalue weighted by Gasteiger charge is 2.29. The maximum absolute atomic E-state index is 13.4. The zero-order valence-corrected chi connectivity index (χ0v) is 22.1. The summed E-state index contributed by atoms with van der Waals surface area (Å²) >= 11 is 0. The third-order valence-electron chi connectivity index (χ3n) is 7.26. The highest BCUT2D eigenvalue weighted by Crippen LogP contribution is 2.33. The number of nitrogens with zero attached hydrogens (tertiary/aromatic N) is 5. The summed E-state index contributed by atoms with van der Waals surface area (Å²) in [5, 5.41) is 8.85. The quantitative estimate of drug-likeness (QED) is 0.473. The predicted octanol–water partition coefficient (Wildman–Crippen LogP) is 3.77. The fourth-order valence-corrected chi connectivity index (χ4v) is 4.65. The van der Waals surface area contributed by atoms with Crippen LogP contribution in [0, 0.1) is 6.92 Å². The van der Waals surface area contributed by atoms with E-state index in [2.05, 4.69) is 34.2 Å². The van der Waals surface area contributed by atoms with Gasteiger partial charge in [0.25, 0.3) is 5.91 Å². The number of fused-ring (bicyclic) bond motifs is 1. The molecule has 2 amide bonds. The molecule has 1 atom stereocenters. The van der Waals surface area contributed by atoms with Crippen molar-refractivity contribution in [3.63, 3.8) is 0 Å². The van der Waals surface area contributed by atoms with Gasteiger partial charge in [0.2, 0.25) is 12.7 Å². The monoisotopic (exact) mass is 515 g/mol. The third-order valence-corrected chi connectivity index (χ3v) is 7.26. The minimum Gasteiger partial charge on any atom is -0.454 e. The van der Waals surface area contributed by atoms with E-state index in [4.69, 9.17) is 9.47 Å². The second-order valence-electron chi connectivity index (χ2n) is 9.77. The van der Waals surface area contributed by atoms with E-state index in [9.17, 15) is 9.59 Å². The van der Waals surface area contributed by atoms with E-state index < -0.39 is 0 Å². The maximum Gasteiger partial charge on any atom is 0.254 e. The lowest BCUT2D eigenvalue weighted by Gasteiger charge is -2.37. The summed E-state index contributed by atoms with van der Waals surface area (Å²) in [5.74, 6) is 1.73. The van der Waals surface area contributed by atoms with E-state index in [1.807, 2.05) is 43.0 Å². The number of benzene rings is 2. The molecule has 0 aliphatic carbocycles. The Labute approximate surface area is 223 Å². The van der Waals surface area contributed by atoms with Crippen molar-refractivity contribution < 1.29 is 19.1 Å². The van der Waals surface area contributed by atoms with Gasteiger partial charge in [0.15, 0.2) is 17.3 Å². The van der Waals surface area contributed by atoms with E-state index in [1.165, 1.54) is 5.56 Å². The number of hydrogen-bond donors (Lipinski definition) is 0. The second-order valence-corrected chi connectivity index (χ2v) is 9.77. The van der Waals surface area contributed by atoms with Crippen LogP contribution in [-0.4, -0.2) is 77.4 Å². The lowest BCUT2D eigenvalue weighted by Crippen LogP contribution is -2.53. The minimum atomic E-state index is -0.187. The summed E-state index contributed by atoms with van der Waals surface area (Å²) in [6.45, 7) is 8.66. The van der Waals surface area contributed by atoms with Crippen molar-refractivity contribution in [1.82, 2.24) is 20.0 Å². The number of carbonyl (C=O) groups excluding carboxylic acids is 2. The lowest BCUT2D eigenvalue weighted by atomic mass is 10.1. The lowest BCUT2D eigenvalue weighted by molar-refractivity contribution is -0.132. The molecule has 9 heteroatoms. The van der Waals surface area contributed by atoms with Gasteiger partial charge < -0.3 is 24.2 Å². The molecule has 0 N–H and O–H groups in total. The van der Waals surface area contributed by atoms with Gasteiger partial charge in [0, 0.05) is 43.3 Å². The van der Waals surface area contributed by atoms with Crippen molar-refractivity contribution in [2.24, 2.45) is 0 Å². The molecule has 5 rings (SSSR count). The normalized spacial score (nSPS) is 15.3. The molecule has 0 unspecified atom stereocenters. The smallest absolute Gasteiger partial charge is 0.254 e. The molecule has 1 fully saturated rings. The molecule has 0 saturated carbocycles. The standard InChI is InChI=1S/C29H33N5O4/c1-4-21(3)34(29(36)23-9-11-25-26(17-23)38-19-37-25)18-28(35)33-15-13-32(14-16-33)27-12-10-24(30-31-27)22-7-5-20(2)6-8-22/h5-12,17,21H,4,13-16,18-19H2,1-3H3/t21-/m1/s1. The van der Waals surface area contributed by atoms with Gasteiger partial charge in [-0.3, -0.25) is 9.59 Å². The van der Waals surface area contributed by atoms with Crippen molar-refractivity contribution in [2.45, 2.75) is 33.2 Å². The summed E-state index contributed by atoms with van der Waals surface area (Å²) in [6, 6.07) is 17.2. The highest BCUT2D eigenvalue weighted by molar-refractivity contribution is 5.97. The van der Waals surface area contributed by atoms with Crippen LogP contribution < -0.4 is 14.4 Å². The first-order valence-electron chi connectivity index (χ1n) is 13.1. The number of carbonyl (C=O) groups is 2. The molecule has 3 aromatic rings. The van der Waals surface area contributed by atoms with E-state index in [0.29, 0.717) is 43.2 Å². The molecule has 2 aliphatic heterocycles. The van der Waals surface area contributed by atoms with Gasteiger partial charge in [-0.2, -0.15) is 0 Å². The largest absolute Gasteiger partial charge is 0.454 e. The van der Waals surface area contributed by atoms with Crippen LogP contribution in [0.1, 0.15) is 36.2 Å². The van der Waals surface area contributed by atoms with Crippen LogP contribution in [0.25, 0.3) is 11.3 Å². The molecule has 2 aromatic carbocycles. The Morgan fingerprint density at radius 1 is 0.947 bits per heavy atom. The minimum absolute atomic E-state index is 0.0351. The van der Waals surface area contributed by atoms with Gasteiger partial charge in [-0.1, -0.05) is 36.8 Å². The van der Waals surface area contributed by atoms with E-state index in [-0.39, 0.29) is 31.2 Å². The average molecular weight is 516 g/mol. The number of piperazine rings is 1. The van der Waals surface area contributed by atoms with Crippen molar-refractivity contribution in [3.05, 3.63) is 65.7 Å². The van der Waals surface area contributed by atoms with Gasteiger partial charge in [-0.15, -0.1) is 10.2 Å². The number of rotatable bonds is 7. The Balaban J connectivity index is 1.19. The second kappa shape index (κ2) is 11.1. The number of anilines is 1. The number of aromatic nitrogens is 2. The molecule has 0 radical (unpaired) electrons. The molecule has 3 heterocycles. The molecule has 1 saturated heterocycles. The fraction of sp³-hybridized carbons (Fsp3) is 0.379. The first kappa shape index (κ1) is 25.5. The summed E-state index contributed by atoms with van der Waals surface area (Å²) in [5.41, 5.74) is 3.56. The zero-order valence-electron chi connectivity index (χ0n) is 22.1. The summed E-state index contributed by atoms with van der Waals surface area (Å²) < 4.78 is 10.8. The average Bonchev–Trinajstić information content (AvgIpc) is 3.44. The topological polar surface area (TPSA) is 88.1 Å². The van der Waals surface area contributed by atoms with Gasteiger partial charge in [-0.25, -0.2) is 0 Å². The van der Waals surface area contributed by atoms with Crippen molar-refractivity contribution in [3.8, 4) is 22.8 Å². The van der Waals surface area contributed by atoms with Crippen LogP contribution >= 0.6 is 0 Å². The molecule has 2 aliphatic rings. The Morgan fingerprint density at radius 3 is 2.37 bits per heavy atom. The van der Waals surface area contributed by atoms with Crippen LogP contribution in [0.15, 0.2) is 54.6 Å². The zero-order chi connectivity index (χ0) is 26.6. The molecule has 0 bridgehead atoms. The van der Waals surface area contributed by atoms with Crippen LogP contribution in [0.2, 0.25) is 0 Å². The van der Waals surface area contributed by atoms with Crippen LogP contribution in [0.3, 0.4) is 0 Å². The van der Waals surface area contributed by atoms with Crippen LogP contribution in [-0.2, 0) is 4.79 Å². The first-order chi connectivity index (χ1) is 18.4. The number of ether oxygens (including phenoxy) is 2. The van der Waals surface area contributed by atoms with Gasteiger partial charge in [0.1, 0.15) is 6.54 Å². The van der Waals surface area contributed by atoms with E-state index in [0.717, 1.165) is 23.5 Å². The van der Waals surface area contributed by atoms with Crippen molar-refractivity contribution in [2.75, 3.05) is 44.4 Å². The molecule has 0 spiro atoms. The van der Waals surface area contributed by atoms with Crippen molar-refractivity contribution >= 4 is 17.6 Å². The van der Waals surface area contributed by atoms with Crippen molar-refractivity contribution in [1.29, 1.82) is 0 Å². The Hall–Kier alpha value is -4.14. The predicted molar refractivity (Wildman–Crippen MR) is 144 cm³/mol. The van der Waals surface area contributed by atoms with Gasteiger partial charge in [0.05, 0.1) is 5.69 Å². The first-order valence-corrected chi connectivity index (χ1v) is 13.1. The van der Waals surface area contributed by atoms with Crippen LogP contribution in [0.5, 0.6) is 11.5 Å². The maximum atomic E-state index is 13.4. The molecular formula is C29H33N5O4. The number of amides is 2. The Kier molecular flexibility index (Phi) is 7.44. The fourth-order valence-electron chi connectivity index (χ4n) is 4.65. The molecule has 9 nitrogen and oxygen atoms in total. The Morgan fingerprint density at radius 2 is 1.68 bits per heavy atom.